The smallest absolute Gasteiger partial charge is 0.419 e. The van der Waals surface area contributed by atoms with Crippen LogP contribution in [0.25, 0.3) is 11.1 Å². The van der Waals surface area contributed by atoms with Gasteiger partial charge in [-0.1, -0.05) is 6.92 Å². The number of amides is 2. The van der Waals surface area contributed by atoms with Crippen LogP contribution in [0.4, 0.5) is 10.5 Å². The summed E-state index contributed by atoms with van der Waals surface area (Å²) in [6, 6.07) is 3.36. The molecule has 2 aromatic rings. The lowest BCUT2D eigenvalue weighted by molar-refractivity contribution is -0.121. The molecule has 3 heterocycles. The highest BCUT2D eigenvalue weighted by Crippen LogP contribution is 2.41. The second-order valence-electron chi connectivity index (χ2n) is 6.06. The number of nitrogens with one attached hydrogen (secondary N) is 1. The van der Waals surface area contributed by atoms with Gasteiger partial charge in [0, 0.05) is 25.5 Å². The largest absolute Gasteiger partial charge is 0.442 e. The summed E-state index contributed by atoms with van der Waals surface area (Å²) in [5, 5.41) is 2.76. The third-order valence-corrected chi connectivity index (χ3v) is 4.74. The molecule has 1 fully saturated rings. The molecule has 0 radical (unpaired) electrons. The summed E-state index contributed by atoms with van der Waals surface area (Å²) >= 11 is 0. The summed E-state index contributed by atoms with van der Waals surface area (Å²) in [7, 11) is 1.65. The predicted octanol–water partition coefficient (Wildman–Crippen LogP) is 0.908. The molecular weight excluding hydrogens is 314 g/mol. The molecule has 8 heteroatoms. The number of hydrogen-bond acceptors (Lipinski definition) is 5. The molecule has 0 bridgehead atoms. The zero-order valence-corrected chi connectivity index (χ0v) is 13.4. The highest BCUT2D eigenvalue weighted by Gasteiger charge is 2.48. The van der Waals surface area contributed by atoms with Crippen molar-refractivity contribution in [1.82, 2.24) is 9.88 Å². The van der Waals surface area contributed by atoms with Crippen molar-refractivity contribution >= 4 is 28.8 Å². The fourth-order valence-electron chi connectivity index (χ4n) is 3.45. The van der Waals surface area contributed by atoms with E-state index in [0.29, 0.717) is 29.6 Å². The maximum absolute atomic E-state index is 12.2. The Labute approximate surface area is 137 Å². The third kappa shape index (κ3) is 1.95. The average Bonchev–Trinajstić information content (AvgIpc) is 3.18. The molecule has 8 nitrogen and oxygen atoms in total. The molecule has 0 spiro atoms. The van der Waals surface area contributed by atoms with Crippen molar-refractivity contribution in [1.29, 1.82) is 0 Å². The Morgan fingerprint density at radius 3 is 2.92 bits per heavy atom. The number of cyclic esters (lactones) is 1. The van der Waals surface area contributed by atoms with Crippen molar-refractivity contribution in [2.75, 3.05) is 11.4 Å². The number of aromatic nitrogens is 1. The Kier molecular flexibility index (Phi) is 3.16. The van der Waals surface area contributed by atoms with E-state index in [2.05, 4.69) is 5.32 Å². The lowest BCUT2D eigenvalue weighted by atomic mass is 10.0. The van der Waals surface area contributed by atoms with Crippen LogP contribution in [0, 0.1) is 0 Å². The van der Waals surface area contributed by atoms with Gasteiger partial charge < -0.3 is 14.5 Å². The van der Waals surface area contributed by atoms with Crippen LogP contribution < -0.4 is 16.0 Å². The number of fused-ring (bicyclic) bond motifs is 5. The van der Waals surface area contributed by atoms with Crippen molar-refractivity contribution < 1.29 is 18.7 Å². The topological polar surface area (TPSA) is 93.8 Å². The fraction of sp³-hybridized carbons (Fsp3) is 0.438. The minimum atomic E-state index is -0.438. The first-order valence-corrected chi connectivity index (χ1v) is 7.89. The van der Waals surface area contributed by atoms with Crippen LogP contribution in [0.3, 0.4) is 0 Å². The van der Waals surface area contributed by atoms with Crippen molar-refractivity contribution in [2.24, 2.45) is 7.05 Å². The van der Waals surface area contributed by atoms with Gasteiger partial charge in [-0.2, -0.15) is 0 Å². The standard InChI is InChI=1S/C16H17N3O5/c1-3-13(20)17-7-12-11-6-8-9(19(11)16(22)23-12)4-5-10-14(8)24-15(21)18(10)2/h4-5,11-12H,3,6-7H2,1-2H3,(H,17,20)/t11-,12-/m0/s1. The van der Waals surface area contributed by atoms with Gasteiger partial charge in [-0.15, -0.1) is 0 Å². The van der Waals surface area contributed by atoms with Crippen LogP contribution in [0.5, 0.6) is 0 Å². The first kappa shape index (κ1) is 14.8. The molecular formula is C16H17N3O5. The molecule has 1 N–H and O–H groups in total. The van der Waals surface area contributed by atoms with Crippen LogP contribution in [-0.4, -0.2) is 35.3 Å². The van der Waals surface area contributed by atoms with E-state index in [1.54, 1.807) is 31.0 Å². The second-order valence-corrected chi connectivity index (χ2v) is 6.06. The lowest BCUT2D eigenvalue weighted by Gasteiger charge is -2.16. The van der Waals surface area contributed by atoms with Gasteiger partial charge in [0.1, 0.15) is 6.10 Å². The summed E-state index contributed by atoms with van der Waals surface area (Å²) in [6.07, 6.45) is 0.0429. The monoisotopic (exact) mass is 331 g/mol. The summed E-state index contributed by atoms with van der Waals surface area (Å²) in [5.74, 6) is -0.517. The predicted molar refractivity (Wildman–Crippen MR) is 85.0 cm³/mol. The van der Waals surface area contributed by atoms with Gasteiger partial charge in [0.15, 0.2) is 5.58 Å². The number of rotatable bonds is 3. The maximum Gasteiger partial charge on any atom is 0.419 e. The van der Waals surface area contributed by atoms with Crippen molar-refractivity contribution in [3.8, 4) is 0 Å². The van der Waals surface area contributed by atoms with Gasteiger partial charge in [-0.3, -0.25) is 14.3 Å². The molecule has 2 amide bonds. The zero-order valence-electron chi connectivity index (χ0n) is 13.4. The Balaban J connectivity index is 1.70. The number of oxazole rings is 1. The highest BCUT2D eigenvalue weighted by molar-refractivity contribution is 5.98. The third-order valence-electron chi connectivity index (χ3n) is 4.74. The minimum absolute atomic E-state index is 0.0866. The molecule has 4 rings (SSSR count). The van der Waals surface area contributed by atoms with Crippen LogP contribution in [-0.2, 0) is 23.0 Å². The van der Waals surface area contributed by atoms with Crippen LogP contribution in [0.1, 0.15) is 18.9 Å². The van der Waals surface area contributed by atoms with E-state index >= 15 is 0 Å². The molecule has 1 aromatic carbocycles. The quantitative estimate of drug-likeness (QED) is 0.902. The molecule has 126 valence electrons. The van der Waals surface area contributed by atoms with E-state index in [9.17, 15) is 14.4 Å². The number of benzene rings is 1. The molecule has 2 atom stereocenters. The van der Waals surface area contributed by atoms with Crippen LogP contribution >= 0.6 is 0 Å². The first-order valence-electron chi connectivity index (χ1n) is 7.89. The summed E-state index contributed by atoms with van der Waals surface area (Å²) in [6.45, 7) is 2.04. The number of carbonyl (C=O) groups excluding carboxylic acids is 2. The SMILES string of the molecule is CCC(=O)NC[C@@H]1OC(=O)N2c3ccc4c(oc(=O)n4C)c3C[C@@H]12. The minimum Gasteiger partial charge on any atom is -0.442 e. The number of hydrogen-bond donors (Lipinski definition) is 1. The number of carbonyl (C=O) groups is 2. The van der Waals surface area contributed by atoms with Gasteiger partial charge in [-0.05, 0) is 12.1 Å². The normalized spacial score (nSPS) is 21.8. The number of nitrogens with zero attached hydrogens (tertiary/aromatic N) is 2. The van der Waals surface area contributed by atoms with Gasteiger partial charge in [0.25, 0.3) is 0 Å². The molecule has 24 heavy (non-hydrogen) atoms. The number of ether oxygens (including phenoxy) is 1. The fourth-order valence-corrected chi connectivity index (χ4v) is 3.45. The molecule has 1 saturated heterocycles. The van der Waals surface area contributed by atoms with Gasteiger partial charge in [-0.25, -0.2) is 9.59 Å². The highest BCUT2D eigenvalue weighted by atomic mass is 16.6. The van der Waals surface area contributed by atoms with Gasteiger partial charge in [0.05, 0.1) is 23.8 Å². The van der Waals surface area contributed by atoms with E-state index in [0.717, 1.165) is 5.56 Å². The molecule has 0 unspecified atom stereocenters. The Morgan fingerprint density at radius 1 is 1.38 bits per heavy atom. The maximum atomic E-state index is 12.2. The first-order chi connectivity index (χ1) is 11.5. The van der Waals surface area contributed by atoms with Crippen molar-refractivity contribution in [3.05, 3.63) is 28.2 Å². The lowest BCUT2D eigenvalue weighted by Crippen LogP contribution is -2.40. The van der Waals surface area contributed by atoms with Crippen LogP contribution in [0.2, 0.25) is 0 Å². The van der Waals surface area contributed by atoms with E-state index in [4.69, 9.17) is 9.15 Å². The molecule has 2 aliphatic rings. The van der Waals surface area contributed by atoms with E-state index in [-0.39, 0.29) is 18.5 Å². The summed E-state index contributed by atoms with van der Waals surface area (Å²) < 4.78 is 12.2. The summed E-state index contributed by atoms with van der Waals surface area (Å²) in [5.41, 5.74) is 2.75. The Hall–Kier alpha value is -2.77. The number of aryl methyl sites for hydroxylation is 1. The van der Waals surface area contributed by atoms with Crippen molar-refractivity contribution in [3.63, 3.8) is 0 Å². The number of anilines is 1. The van der Waals surface area contributed by atoms with Crippen molar-refractivity contribution in [2.45, 2.75) is 31.9 Å². The molecule has 1 aromatic heterocycles. The van der Waals surface area contributed by atoms with E-state index in [1.165, 1.54) is 4.57 Å². The molecule has 0 saturated carbocycles. The Morgan fingerprint density at radius 2 is 2.17 bits per heavy atom. The van der Waals surface area contributed by atoms with E-state index < -0.39 is 18.0 Å². The van der Waals surface area contributed by atoms with Gasteiger partial charge >= 0.3 is 11.8 Å². The second kappa shape index (κ2) is 5.12. The van der Waals surface area contributed by atoms with Gasteiger partial charge in [0.2, 0.25) is 5.91 Å². The zero-order chi connectivity index (χ0) is 17.0. The van der Waals surface area contributed by atoms with Crippen LogP contribution in [0.15, 0.2) is 21.3 Å². The Bertz CT molecular complexity index is 912. The van der Waals surface area contributed by atoms with E-state index in [1.807, 2.05) is 0 Å². The summed E-state index contributed by atoms with van der Waals surface area (Å²) in [4.78, 5) is 37.1. The average molecular weight is 331 g/mol. The molecule has 0 aliphatic carbocycles. The molecule has 2 aliphatic heterocycles.